The van der Waals surface area contributed by atoms with Crippen LogP contribution in [0.5, 0.6) is 5.75 Å². The number of thiazole rings is 1. The molecule has 3 nitrogen and oxygen atoms in total. The molecule has 1 aromatic heterocycles. The molecule has 108 valence electrons. The summed E-state index contributed by atoms with van der Waals surface area (Å²) < 4.78 is 5.88. The smallest absolute Gasteiger partial charge is 0.125 e. The number of rotatable bonds is 5. The average molecular weight is 299 g/mol. The van der Waals surface area contributed by atoms with Gasteiger partial charge in [-0.05, 0) is 23.8 Å². The summed E-state index contributed by atoms with van der Waals surface area (Å²) in [6.07, 6.45) is 0.841. The van der Waals surface area contributed by atoms with Crippen LogP contribution in [0.2, 0.25) is 0 Å². The van der Waals surface area contributed by atoms with E-state index in [0.717, 1.165) is 34.2 Å². The van der Waals surface area contributed by atoms with Crippen molar-refractivity contribution in [2.45, 2.75) is 20.0 Å². The van der Waals surface area contributed by atoms with Crippen molar-refractivity contribution in [2.75, 3.05) is 6.61 Å². The number of aliphatic hydroxyl groups is 1. The Bertz CT molecular complexity index is 751. The Labute approximate surface area is 127 Å². The van der Waals surface area contributed by atoms with E-state index in [9.17, 15) is 5.11 Å². The SMILES string of the molecule is Cc1ncsc1CCOc1ccc2ccccc2c1CO. The first-order valence-corrected chi connectivity index (χ1v) is 7.81. The summed E-state index contributed by atoms with van der Waals surface area (Å²) in [6.45, 7) is 2.59. The van der Waals surface area contributed by atoms with Crippen LogP contribution in [0.3, 0.4) is 0 Å². The zero-order valence-electron chi connectivity index (χ0n) is 11.9. The Morgan fingerprint density at radius 1 is 1.19 bits per heavy atom. The third-order valence-electron chi connectivity index (χ3n) is 3.59. The molecule has 0 saturated heterocycles. The monoisotopic (exact) mass is 299 g/mol. The predicted molar refractivity (Wildman–Crippen MR) is 85.9 cm³/mol. The fraction of sp³-hybridized carbons (Fsp3) is 0.235. The van der Waals surface area contributed by atoms with Gasteiger partial charge in [-0.2, -0.15) is 0 Å². The van der Waals surface area contributed by atoms with Crippen molar-refractivity contribution in [3.63, 3.8) is 0 Å². The van der Waals surface area contributed by atoms with Crippen LogP contribution in [0.25, 0.3) is 10.8 Å². The standard InChI is InChI=1S/C17H17NO2S/c1-12-17(21-11-18-12)8-9-20-16-7-6-13-4-2-3-5-14(13)15(16)10-19/h2-7,11,19H,8-10H2,1H3. The van der Waals surface area contributed by atoms with Crippen molar-refractivity contribution in [3.8, 4) is 5.75 Å². The van der Waals surface area contributed by atoms with Crippen LogP contribution in [-0.2, 0) is 13.0 Å². The molecule has 0 aliphatic rings. The lowest BCUT2D eigenvalue weighted by Gasteiger charge is -2.12. The second-order valence-corrected chi connectivity index (χ2v) is 5.82. The number of aryl methyl sites for hydroxylation is 1. The predicted octanol–water partition coefficient (Wildman–Crippen LogP) is 3.72. The molecule has 0 aliphatic carbocycles. The lowest BCUT2D eigenvalue weighted by atomic mass is 10.0. The summed E-state index contributed by atoms with van der Waals surface area (Å²) >= 11 is 1.66. The number of fused-ring (bicyclic) bond motifs is 1. The molecule has 21 heavy (non-hydrogen) atoms. The van der Waals surface area contributed by atoms with Crippen molar-refractivity contribution in [1.82, 2.24) is 4.98 Å². The molecular formula is C17H17NO2S. The number of ether oxygens (including phenoxy) is 1. The number of hydrogen-bond acceptors (Lipinski definition) is 4. The van der Waals surface area contributed by atoms with E-state index >= 15 is 0 Å². The number of nitrogens with zero attached hydrogens (tertiary/aromatic N) is 1. The van der Waals surface area contributed by atoms with Gasteiger partial charge in [0, 0.05) is 16.9 Å². The van der Waals surface area contributed by atoms with Gasteiger partial charge in [-0.25, -0.2) is 4.98 Å². The van der Waals surface area contributed by atoms with E-state index in [4.69, 9.17) is 4.74 Å². The summed E-state index contributed by atoms with van der Waals surface area (Å²) in [6, 6.07) is 12.0. The molecular weight excluding hydrogens is 282 g/mol. The van der Waals surface area contributed by atoms with E-state index in [2.05, 4.69) is 4.98 Å². The first-order valence-electron chi connectivity index (χ1n) is 6.93. The molecule has 3 rings (SSSR count). The largest absolute Gasteiger partial charge is 0.493 e. The van der Waals surface area contributed by atoms with Gasteiger partial charge < -0.3 is 9.84 Å². The summed E-state index contributed by atoms with van der Waals surface area (Å²) in [5.41, 5.74) is 3.79. The molecule has 3 aromatic rings. The van der Waals surface area contributed by atoms with Gasteiger partial charge in [0.15, 0.2) is 0 Å². The number of hydrogen-bond donors (Lipinski definition) is 1. The third-order valence-corrected chi connectivity index (χ3v) is 4.58. The van der Waals surface area contributed by atoms with Crippen molar-refractivity contribution >= 4 is 22.1 Å². The molecule has 0 atom stereocenters. The van der Waals surface area contributed by atoms with Gasteiger partial charge in [-0.15, -0.1) is 11.3 Å². The molecule has 2 aromatic carbocycles. The molecule has 1 heterocycles. The summed E-state index contributed by atoms with van der Waals surface area (Å²) in [5, 5.41) is 11.8. The normalized spacial score (nSPS) is 11.0. The Morgan fingerprint density at radius 3 is 2.81 bits per heavy atom. The van der Waals surface area contributed by atoms with Crippen LogP contribution in [0.15, 0.2) is 41.9 Å². The summed E-state index contributed by atoms with van der Waals surface area (Å²) in [5.74, 6) is 0.762. The van der Waals surface area contributed by atoms with Crippen LogP contribution in [0.1, 0.15) is 16.1 Å². The van der Waals surface area contributed by atoms with Crippen molar-refractivity contribution in [3.05, 3.63) is 58.0 Å². The second kappa shape index (κ2) is 6.24. The third kappa shape index (κ3) is 2.91. The van der Waals surface area contributed by atoms with Gasteiger partial charge in [0.1, 0.15) is 5.75 Å². The second-order valence-electron chi connectivity index (χ2n) is 4.88. The Kier molecular flexibility index (Phi) is 4.18. The minimum absolute atomic E-state index is 0.0176. The topological polar surface area (TPSA) is 42.4 Å². The highest BCUT2D eigenvalue weighted by atomic mass is 32.1. The minimum Gasteiger partial charge on any atom is -0.493 e. The molecule has 0 bridgehead atoms. The average Bonchev–Trinajstić information content (AvgIpc) is 2.92. The van der Waals surface area contributed by atoms with Gasteiger partial charge in [0.2, 0.25) is 0 Å². The highest BCUT2D eigenvalue weighted by Crippen LogP contribution is 2.28. The van der Waals surface area contributed by atoms with Crippen molar-refractivity contribution < 1.29 is 9.84 Å². The van der Waals surface area contributed by atoms with Crippen LogP contribution in [0, 0.1) is 6.92 Å². The van der Waals surface area contributed by atoms with Crippen LogP contribution in [-0.4, -0.2) is 16.7 Å². The lowest BCUT2D eigenvalue weighted by Crippen LogP contribution is -2.04. The molecule has 0 saturated carbocycles. The molecule has 4 heteroatoms. The highest BCUT2D eigenvalue weighted by Gasteiger charge is 2.08. The van der Waals surface area contributed by atoms with Crippen LogP contribution in [0.4, 0.5) is 0 Å². The first kappa shape index (κ1) is 14.0. The quantitative estimate of drug-likeness (QED) is 0.781. The zero-order chi connectivity index (χ0) is 14.7. The van der Waals surface area contributed by atoms with Crippen molar-refractivity contribution in [2.24, 2.45) is 0 Å². The van der Waals surface area contributed by atoms with Gasteiger partial charge in [-0.3, -0.25) is 0 Å². The van der Waals surface area contributed by atoms with Crippen molar-refractivity contribution in [1.29, 1.82) is 0 Å². The van der Waals surface area contributed by atoms with E-state index in [1.165, 1.54) is 4.88 Å². The Hall–Kier alpha value is -1.91. The molecule has 0 radical (unpaired) electrons. The number of aromatic nitrogens is 1. The number of aliphatic hydroxyl groups excluding tert-OH is 1. The zero-order valence-corrected chi connectivity index (χ0v) is 12.7. The van der Waals surface area contributed by atoms with E-state index < -0.39 is 0 Å². The fourth-order valence-corrected chi connectivity index (χ4v) is 3.20. The maximum atomic E-state index is 9.66. The van der Waals surface area contributed by atoms with E-state index in [1.807, 2.05) is 48.8 Å². The maximum Gasteiger partial charge on any atom is 0.125 e. The Morgan fingerprint density at radius 2 is 2.05 bits per heavy atom. The molecule has 0 unspecified atom stereocenters. The highest BCUT2D eigenvalue weighted by molar-refractivity contribution is 7.09. The summed E-state index contributed by atoms with van der Waals surface area (Å²) in [7, 11) is 0. The fourth-order valence-electron chi connectivity index (χ4n) is 2.43. The molecule has 0 aliphatic heterocycles. The first-order chi connectivity index (χ1) is 10.3. The summed E-state index contributed by atoms with van der Waals surface area (Å²) in [4.78, 5) is 5.49. The Balaban J connectivity index is 1.79. The number of benzene rings is 2. The minimum atomic E-state index is -0.0176. The van der Waals surface area contributed by atoms with E-state index in [0.29, 0.717) is 6.61 Å². The van der Waals surface area contributed by atoms with Gasteiger partial charge in [-0.1, -0.05) is 30.3 Å². The van der Waals surface area contributed by atoms with Crippen LogP contribution < -0.4 is 4.74 Å². The van der Waals surface area contributed by atoms with Gasteiger partial charge in [0.05, 0.1) is 24.4 Å². The van der Waals surface area contributed by atoms with E-state index in [1.54, 1.807) is 11.3 Å². The molecule has 0 spiro atoms. The van der Waals surface area contributed by atoms with E-state index in [-0.39, 0.29) is 6.61 Å². The lowest BCUT2D eigenvalue weighted by molar-refractivity contribution is 0.266. The maximum absolute atomic E-state index is 9.66. The molecule has 1 N–H and O–H groups in total. The molecule has 0 fully saturated rings. The van der Waals surface area contributed by atoms with Gasteiger partial charge in [0.25, 0.3) is 0 Å². The molecule has 0 amide bonds. The van der Waals surface area contributed by atoms with Gasteiger partial charge >= 0.3 is 0 Å². The van der Waals surface area contributed by atoms with Crippen LogP contribution >= 0.6 is 11.3 Å².